The van der Waals surface area contributed by atoms with Crippen molar-refractivity contribution in [2.24, 2.45) is 0 Å². The number of hydrogen-bond acceptors (Lipinski definition) is 4. The van der Waals surface area contributed by atoms with Gasteiger partial charge in [-0.05, 0) is 57.2 Å². The molecule has 1 aromatic carbocycles. The molecule has 0 atom stereocenters. The zero-order chi connectivity index (χ0) is 22.0. The van der Waals surface area contributed by atoms with Gasteiger partial charge in [0.2, 0.25) is 0 Å². The van der Waals surface area contributed by atoms with Crippen LogP contribution < -0.4 is 10.6 Å². The second kappa shape index (κ2) is 8.78. The van der Waals surface area contributed by atoms with Crippen LogP contribution in [0.1, 0.15) is 51.8 Å². The number of amides is 2. The van der Waals surface area contributed by atoms with E-state index in [0.29, 0.717) is 17.1 Å². The highest BCUT2D eigenvalue weighted by Gasteiger charge is 2.26. The molecule has 31 heavy (non-hydrogen) atoms. The number of rotatable bonds is 5. The summed E-state index contributed by atoms with van der Waals surface area (Å²) in [4.78, 5) is 30.2. The largest absolute Gasteiger partial charge is 0.358 e. The highest BCUT2D eigenvalue weighted by atomic mass is 32.1. The molecule has 0 spiro atoms. The smallest absolute Gasteiger partial charge is 0.266 e. The maximum Gasteiger partial charge on any atom is 0.266 e. The van der Waals surface area contributed by atoms with Gasteiger partial charge in [-0.2, -0.15) is 5.26 Å². The first-order valence-electron chi connectivity index (χ1n) is 10.5. The molecule has 2 heterocycles. The molecular formula is C24H24N4O2S. The SMILES string of the molecule is CCNC(=O)c1c(NC(=O)/C(C#N)=C\c2c(C)[nH]c3ccccc23)sc2c1CCCC2. The molecule has 1 aliphatic rings. The topological polar surface area (TPSA) is 97.8 Å². The Hall–Kier alpha value is -3.37. The molecule has 0 bridgehead atoms. The number of fused-ring (bicyclic) bond motifs is 2. The van der Waals surface area contributed by atoms with Crippen LogP contribution in [0.25, 0.3) is 17.0 Å². The quantitative estimate of drug-likeness (QED) is 0.402. The van der Waals surface area contributed by atoms with Crippen LogP contribution in [-0.2, 0) is 17.6 Å². The van der Waals surface area contributed by atoms with Gasteiger partial charge in [0.25, 0.3) is 11.8 Å². The van der Waals surface area contributed by atoms with Crippen LogP contribution in [0.4, 0.5) is 5.00 Å². The van der Waals surface area contributed by atoms with Gasteiger partial charge in [0.15, 0.2) is 0 Å². The number of nitrogens with one attached hydrogen (secondary N) is 3. The summed E-state index contributed by atoms with van der Waals surface area (Å²) in [6.45, 7) is 4.30. The number of benzene rings is 1. The first kappa shape index (κ1) is 20.9. The Kier molecular flexibility index (Phi) is 5.92. The highest BCUT2D eigenvalue weighted by Crippen LogP contribution is 2.38. The Morgan fingerprint density at radius 3 is 2.81 bits per heavy atom. The van der Waals surface area contributed by atoms with E-state index < -0.39 is 5.91 Å². The van der Waals surface area contributed by atoms with Crippen molar-refractivity contribution in [2.75, 3.05) is 11.9 Å². The Morgan fingerprint density at radius 2 is 2.03 bits per heavy atom. The number of nitriles is 1. The van der Waals surface area contributed by atoms with Crippen LogP contribution in [0, 0.1) is 18.3 Å². The van der Waals surface area contributed by atoms with E-state index in [1.54, 1.807) is 6.08 Å². The van der Waals surface area contributed by atoms with Crippen LogP contribution >= 0.6 is 11.3 Å². The first-order chi connectivity index (χ1) is 15.0. The molecular weight excluding hydrogens is 408 g/mol. The predicted octanol–water partition coefficient (Wildman–Crippen LogP) is 4.71. The van der Waals surface area contributed by atoms with Crippen molar-refractivity contribution in [1.29, 1.82) is 5.26 Å². The van der Waals surface area contributed by atoms with Gasteiger partial charge in [0.05, 0.1) is 5.56 Å². The number of aryl methyl sites for hydroxylation is 2. The minimum absolute atomic E-state index is 0.000995. The normalized spacial score (nSPS) is 13.5. The number of para-hydroxylation sites is 1. The summed E-state index contributed by atoms with van der Waals surface area (Å²) in [5.74, 6) is -0.677. The fourth-order valence-corrected chi connectivity index (χ4v) is 5.37. The molecule has 3 N–H and O–H groups in total. The summed E-state index contributed by atoms with van der Waals surface area (Å²) in [5.41, 5.74) is 4.24. The fraction of sp³-hybridized carbons (Fsp3) is 0.292. The number of anilines is 1. The second-order valence-corrected chi connectivity index (χ2v) is 8.71. The molecule has 0 saturated heterocycles. The first-order valence-corrected chi connectivity index (χ1v) is 11.3. The zero-order valence-electron chi connectivity index (χ0n) is 17.6. The number of carbonyl (C=O) groups is 2. The van der Waals surface area contributed by atoms with Crippen molar-refractivity contribution in [3.8, 4) is 6.07 Å². The Balaban J connectivity index is 1.69. The monoisotopic (exact) mass is 432 g/mol. The van der Waals surface area contributed by atoms with Gasteiger partial charge in [-0.3, -0.25) is 9.59 Å². The molecule has 0 fully saturated rings. The summed E-state index contributed by atoms with van der Waals surface area (Å²) in [7, 11) is 0. The standard InChI is InChI=1S/C24H24N4O2S/c1-3-26-23(30)21-17-9-5-7-11-20(17)31-24(21)28-22(29)15(13-25)12-18-14(2)27-19-10-6-4-8-16(18)19/h4,6,8,10,12,27H,3,5,7,9,11H2,1-2H3,(H,26,30)(H,28,29)/b15-12-. The average molecular weight is 433 g/mol. The third-order valence-corrected chi connectivity index (χ3v) is 6.77. The lowest BCUT2D eigenvalue weighted by atomic mass is 9.95. The molecule has 0 saturated carbocycles. The number of aromatic nitrogens is 1. The van der Waals surface area contributed by atoms with E-state index in [2.05, 4.69) is 15.6 Å². The lowest BCUT2D eigenvalue weighted by Gasteiger charge is -2.12. The molecule has 2 amide bonds. The molecule has 4 rings (SSSR count). The number of carbonyl (C=O) groups excluding carboxylic acids is 2. The number of aromatic amines is 1. The molecule has 3 aromatic rings. The second-order valence-electron chi connectivity index (χ2n) is 7.61. The number of H-pyrrole nitrogens is 1. The molecule has 0 radical (unpaired) electrons. The van der Waals surface area contributed by atoms with Crippen LogP contribution in [0.3, 0.4) is 0 Å². The van der Waals surface area contributed by atoms with Crippen LogP contribution in [0.2, 0.25) is 0 Å². The maximum atomic E-state index is 13.0. The van der Waals surface area contributed by atoms with Crippen LogP contribution in [0.15, 0.2) is 29.8 Å². The van der Waals surface area contributed by atoms with Gasteiger partial charge in [-0.25, -0.2) is 0 Å². The molecule has 1 aliphatic carbocycles. The van der Waals surface area contributed by atoms with Crippen molar-refractivity contribution in [3.05, 3.63) is 57.1 Å². The number of thiophene rings is 1. The summed E-state index contributed by atoms with van der Waals surface area (Å²) in [6, 6.07) is 9.80. The van der Waals surface area contributed by atoms with E-state index in [1.807, 2.05) is 44.2 Å². The molecule has 2 aromatic heterocycles. The zero-order valence-corrected chi connectivity index (χ0v) is 18.4. The van der Waals surface area contributed by atoms with Crippen molar-refractivity contribution in [3.63, 3.8) is 0 Å². The Morgan fingerprint density at radius 1 is 1.26 bits per heavy atom. The van der Waals surface area contributed by atoms with Gasteiger partial charge >= 0.3 is 0 Å². The predicted molar refractivity (Wildman–Crippen MR) is 124 cm³/mol. The summed E-state index contributed by atoms with van der Waals surface area (Å²) in [5, 5.41) is 16.9. The summed E-state index contributed by atoms with van der Waals surface area (Å²) >= 11 is 1.45. The van der Waals surface area contributed by atoms with Gasteiger partial charge < -0.3 is 15.6 Å². The Bertz CT molecular complexity index is 1240. The number of hydrogen-bond donors (Lipinski definition) is 3. The molecule has 0 aliphatic heterocycles. The highest BCUT2D eigenvalue weighted by molar-refractivity contribution is 7.17. The summed E-state index contributed by atoms with van der Waals surface area (Å²) < 4.78 is 0. The molecule has 158 valence electrons. The lowest BCUT2D eigenvalue weighted by molar-refractivity contribution is -0.112. The van der Waals surface area contributed by atoms with Crippen LogP contribution in [0.5, 0.6) is 0 Å². The molecule has 7 heteroatoms. The van der Waals surface area contributed by atoms with Crippen molar-refractivity contribution >= 4 is 45.1 Å². The minimum Gasteiger partial charge on any atom is -0.358 e. The number of nitrogens with zero attached hydrogens (tertiary/aromatic N) is 1. The third-order valence-electron chi connectivity index (χ3n) is 5.56. The van der Waals surface area contributed by atoms with Crippen molar-refractivity contribution in [1.82, 2.24) is 10.3 Å². The molecule has 6 nitrogen and oxygen atoms in total. The van der Waals surface area contributed by atoms with E-state index in [9.17, 15) is 14.9 Å². The Labute approximate surface area is 185 Å². The molecule has 0 unspecified atom stereocenters. The maximum absolute atomic E-state index is 13.0. The van der Waals surface area contributed by atoms with Gasteiger partial charge in [0.1, 0.15) is 16.6 Å². The lowest BCUT2D eigenvalue weighted by Crippen LogP contribution is -2.25. The van der Waals surface area contributed by atoms with Crippen molar-refractivity contribution < 1.29 is 9.59 Å². The average Bonchev–Trinajstić information content (AvgIpc) is 3.28. The van der Waals surface area contributed by atoms with E-state index in [1.165, 1.54) is 11.3 Å². The van der Waals surface area contributed by atoms with E-state index in [-0.39, 0.29) is 11.5 Å². The van der Waals surface area contributed by atoms with Gasteiger partial charge in [-0.15, -0.1) is 11.3 Å². The third kappa shape index (κ3) is 3.99. The summed E-state index contributed by atoms with van der Waals surface area (Å²) in [6.07, 6.45) is 5.48. The van der Waals surface area contributed by atoms with Crippen LogP contribution in [-0.4, -0.2) is 23.3 Å². The van der Waals surface area contributed by atoms with Crippen molar-refractivity contribution in [2.45, 2.75) is 39.5 Å². The van der Waals surface area contributed by atoms with Gasteiger partial charge in [0, 0.05) is 33.6 Å². The van der Waals surface area contributed by atoms with E-state index in [4.69, 9.17) is 0 Å². The van der Waals surface area contributed by atoms with E-state index in [0.717, 1.165) is 58.3 Å². The van der Waals surface area contributed by atoms with E-state index >= 15 is 0 Å². The minimum atomic E-state index is -0.503. The van der Waals surface area contributed by atoms with Gasteiger partial charge in [-0.1, -0.05) is 18.2 Å². The fourth-order valence-electron chi connectivity index (χ4n) is 4.09.